The quantitative estimate of drug-likeness (QED) is 0.891. The van der Waals surface area contributed by atoms with Gasteiger partial charge in [-0.25, -0.2) is 18.1 Å². The number of aromatic nitrogens is 1. The van der Waals surface area contributed by atoms with Gasteiger partial charge in [-0.2, -0.15) is 0 Å². The highest BCUT2D eigenvalue weighted by Gasteiger charge is 2.41. The second-order valence-corrected chi connectivity index (χ2v) is 9.31. The van der Waals surface area contributed by atoms with Crippen LogP contribution in [0.1, 0.15) is 50.5 Å². The molecule has 1 aliphatic heterocycles. The van der Waals surface area contributed by atoms with Crippen molar-refractivity contribution >= 4 is 21.4 Å². The van der Waals surface area contributed by atoms with Crippen molar-refractivity contribution in [1.29, 1.82) is 0 Å². The monoisotopic (exact) mass is 344 g/mol. The Morgan fingerprint density at radius 1 is 1.41 bits per heavy atom. The summed E-state index contributed by atoms with van der Waals surface area (Å²) < 4.78 is 33.9. The van der Waals surface area contributed by atoms with Crippen LogP contribution in [0.25, 0.3) is 0 Å². The molecular formula is C15H24N2O3S2. The lowest BCUT2D eigenvalue weighted by Gasteiger charge is -2.31. The van der Waals surface area contributed by atoms with E-state index >= 15 is 0 Å². The largest absolute Gasteiger partial charge is 0.377 e. The summed E-state index contributed by atoms with van der Waals surface area (Å²) in [6, 6.07) is 0. The first-order valence-electron chi connectivity index (χ1n) is 8.02. The van der Waals surface area contributed by atoms with E-state index in [4.69, 9.17) is 4.74 Å². The van der Waals surface area contributed by atoms with Crippen LogP contribution in [0.3, 0.4) is 0 Å². The number of ether oxygens (including phenoxy) is 1. The summed E-state index contributed by atoms with van der Waals surface area (Å²) in [6.07, 6.45) is 7.19. The molecule has 1 saturated heterocycles. The molecule has 5 nitrogen and oxygen atoms in total. The van der Waals surface area contributed by atoms with E-state index in [1.807, 2.05) is 5.38 Å². The van der Waals surface area contributed by atoms with Crippen molar-refractivity contribution in [3.05, 3.63) is 16.6 Å². The molecule has 7 heteroatoms. The average Bonchev–Trinajstić information content (AvgIpc) is 3.12. The van der Waals surface area contributed by atoms with Gasteiger partial charge in [0.25, 0.3) is 0 Å². The maximum Gasteiger partial charge on any atom is 0.215 e. The fourth-order valence-corrected chi connectivity index (χ4v) is 6.10. The summed E-state index contributed by atoms with van der Waals surface area (Å²) in [5, 5.41) is 2.81. The van der Waals surface area contributed by atoms with Gasteiger partial charge in [-0.3, -0.25) is 0 Å². The lowest BCUT2D eigenvalue weighted by molar-refractivity contribution is 0.00193. The molecule has 2 heterocycles. The Morgan fingerprint density at radius 3 is 2.77 bits per heavy atom. The third-order valence-corrected chi connectivity index (χ3v) is 7.14. The van der Waals surface area contributed by atoms with Crippen LogP contribution >= 0.6 is 11.3 Å². The number of nitrogens with zero attached hydrogens (tertiary/aromatic N) is 1. The lowest BCUT2D eigenvalue weighted by Crippen LogP contribution is -2.47. The molecule has 2 fully saturated rings. The minimum atomic E-state index is -3.37. The van der Waals surface area contributed by atoms with E-state index in [1.54, 1.807) is 6.20 Å². The molecule has 1 aromatic heterocycles. The Labute approximate surface area is 136 Å². The van der Waals surface area contributed by atoms with Crippen LogP contribution < -0.4 is 4.72 Å². The molecular weight excluding hydrogens is 320 g/mol. The number of thiazole rings is 1. The van der Waals surface area contributed by atoms with E-state index in [-0.39, 0.29) is 11.9 Å². The van der Waals surface area contributed by atoms with E-state index < -0.39 is 15.6 Å². The van der Waals surface area contributed by atoms with Gasteiger partial charge >= 0.3 is 0 Å². The van der Waals surface area contributed by atoms with E-state index in [9.17, 15) is 8.42 Å². The second kappa shape index (κ2) is 6.55. The summed E-state index contributed by atoms with van der Waals surface area (Å²) in [5.74, 6) is 0.593. The van der Waals surface area contributed by atoms with Crippen LogP contribution in [0.4, 0.5) is 0 Å². The third-order valence-electron chi connectivity index (χ3n) is 4.65. The molecule has 1 N–H and O–H groups in total. The minimum absolute atomic E-state index is 0.0623. The van der Waals surface area contributed by atoms with Crippen molar-refractivity contribution in [2.24, 2.45) is 5.92 Å². The predicted molar refractivity (Wildman–Crippen MR) is 87.3 cm³/mol. The van der Waals surface area contributed by atoms with Crippen molar-refractivity contribution in [1.82, 2.24) is 9.71 Å². The molecule has 2 atom stereocenters. The van der Waals surface area contributed by atoms with Gasteiger partial charge < -0.3 is 4.74 Å². The number of hydrogen-bond donors (Lipinski definition) is 1. The molecule has 0 spiro atoms. The van der Waals surface area contributed by atoms with Gasteiger partial charge in [0.2, 0.25) is 10.0 Å². The highest BCUT2D eigenvalue weighted by molar-refractivity contribution is 7.89. The summed E-state index contributed by atoms with van der Waals surface area (Å²) in [4.78, 5) is 4.37. The minimum Gasteiger partial charge on any atom is -0.377 e. The molecule has 1 aromatic rings. The van der Waals surface area contributed by atoms with E-state index in [0.29, 0.717) is 12.5 Å². The van der Waals surface area contributed by atoms with Crippen molar-refractivity contribution in [2.75, 3.05) is 12.4 Å². The first-order valence-corrected chi connectivity index (χ1v) is 10.6. The number of hydrogen-bond acceptors (Lipinski definition) is 5. The summed E-state index contributed by atoms with van der Waals surface area (Å²) in [7, 11) is -3.37. The number of rotatable bonds is 5. The third kappa shape index (κ3) is 3.69. The van der Waals surface area contributed by atoms with Crippen LogP contribution in [0.2, 0.25) is 0 Å². The predicted octanol–water partition coefficient (Wildman–Crippen LogP) is 2.65. The van der Waals surface area contributed by atoms with Crippen LogP contribution in [0.5, 0.6) is 0 Å². The molecule has 22 heavy (non-hydrogen) atoms. The lowest BCUT2D eigenvalue weighted by atomic mass is 10.0. The zero-order valence-corrected chi connectivity index (χ0v) is 14.6. The Hall–Kier alpha value is -0.500. The summed E-state index contributed by atoms with van der Waals surface area (Å²) in [5.41, 5.74) is -0.491. The van der Waals surface area contributed by atoms with E-state index in [1.165, 1.54) is 11.3 Å². The number of nitrogens with one attached hydrogen (secondary N) is 1. The zero-order valence-electron chi connectivity index (χ0n) is 13.0. The summed E-state index contributed by atoms with van der Waals surface area (Å²) >= 11 is 1.54. The molecule has 0 radical (unpaired) electrons. The van der Waals surface area contributed by atoms with Crippen LogP contribution in [-0.4, -0.2) is 31.9 Å². The Balaban J connectivity index is 1.69. The fraction of sp³-hybridized carbons (Fsp3) is 0.800. The molecule has 1 saturated carbocycles. The fourth-order valence-electron chi connectivity index (χ4n) is 3.45. The molecule has 124 valence electrons. The highest BCUT2D eigenvalue weighted by atomic mass is 32.2. The maximum atomic E-state index is 12.6. The van der Waals surface area contributed by atoms with Crippen LogP contribution in [0.15, 0.2) is 11.6 Å². The van der Waals surface area contributed by atoms with Crippen molar-refractivity contribution in [3.63, 3.8) is 0 Å². The molecule has 0 bridgehead atoms. The average molecular weight is 345 g/mol. The standard InChI is InChI=1S/C15H24N2O3S2/c1-12-4-5-13(20-10-12)11-22(18,19)17-15(6-2-3-7-15)14-16-8-9-21-14/h8-9,12-13,17H,2-7,10-11H2,1H3/t12-,13+/m1/s1. The smallest absolute Gasteiger partial charge is 0.215 e. The molecule has 3 rings (SSSR count). The zero-order chi connectivity index (χ0) is 15.6. The van der Waals surface area contributed by atoms with Crippen molar-refractivity contribution in [3.8, 4) is 0 Å². The van der Waals surface area contributed by atoms with Crippen LogP contribution in [0, 0.1) is 5.92 Å². The van der Waals surface area contributed by atoms with Gasteiger partial charge in [-0.1, -0.05) is 19.8 Å². The SMILES string of the molecule is C[C@@H]1CC[C@@H](CS(=O)(=O)NC2(c3nccs3)CCCC2)OC1. The number of sulfonamides is 1. The van der Waals surface area contributed by atoms with Gasteiger partial charge in [-0.05, 0) is 31.6 Å². The van der Waals surface area contributed by atoms with Gasteiger partial charge in [0, 0.05) is 18.2 Å². The van der Waals surface area contributed by atoms with Gasteiger partial charge in [0.1, 0.15) is 5.01 Å². The molecule has 0 aromatic carbocycles. The van der Waals surface area contributed by atoms with Gasteiger partial charge in [0.15, 0.2) is 0 Å². The highest BCUT2D eigenvalue weighted by Crippen LogP contribution is 2.40. The maximum absolute atomic E-state index is 12.6. The molecule has 1 aliphatic carbocycles. The normalized spacial score (nSPS) is 28.8. The van der Waals surface area contributed by atoms with E-state index in [2.05, 4.69) is 16.6 Å². The Morgan fingerprint density at radius 2 is 2.18 bits per heavy atom. The Bertz CT molecular complexity index is 572. The molecule has 0 amide bonds. The van der Waals surface area contributed by atoms with Gasteiger partial charge in [-0.15, -0.1) is 11.3 Å². The van der Waals surface area contributed by atoms with Crippen LogP contribution in [-0.2, 0) is 20.3 Å². The van der Waals surface area contributed by atoms with Gasteiger partial charge in [0.05, 0.1) is 17.4 Å². The van der Waals surface area contributed by atoms with E-state index in [0.717, 1.165) is 43.5 Å². The molecule has 2 aliphatic rings. The Kier molecular flexibility index (Phi) is 4.87. The first kappa shape index (κ1) is 16.4. The van der Waals surface area contributed by atoms with Crippen molar-refractivity contribution < 1.29 is 13.2 Å². The van der Waals surface area contributed by atoms with Crippen molar-refractivity contribution in [2.45, 2.75) is 57.1 Å². The first-order chi connectivity index (χ1) is 10.5. The summed E-state index contributed by atoms with van der Waals surface area (Å²) in [6.45, 7) is 2.80. The molecule has 0 unspecified atom stereocenters. The topological polar surface area (TPSA) is 68.3 Å². The second-order valence-electron chi connectivity index (χ2n) is 6.65.